The van der Waals surface area contributed by atoms with Gasteiger partial charge in [-0.3, -0.25) is 14.9 Å². The summed E-state index contributed by atoms with van der Waals surface area (Å²) < 4.78 is 19.7. The van der Waals surface area contributed by atoms with Gasteiger partial charge in [-0.05, 0) is 35.9 Å². The molecule has 0 amide bonds. The summed E-state index contributed by atoms with van der Waals surface area (Å²) in [4.78, 5) is 38.3. The number of nitro benzene ring substituents is 1. The van der Waals surface area contributed by atoms with Crippen LogP contribution in [0.15, 0.2) is 81.4 Å². The summed E-state index contributed by atoms with van der Waals surface area (Å²) >= 11 is 0. The first kappa shape index (κ1) is 20.7. The zero-order valence-corrected chi connectivity index (χ0v) is 16.4. The number of nitrogens with one attached hydrogen (secondary N) is 1. The molecule has 0 atom stereocenters. The molecule has 0 aliphatic rings. The van der Waals surface area contributed by atoms with Crippen molar-refractivity contribution in [2.75, 3.05) is 0 Å². The Balaban J connectivity index is 1.74. The molecule has 160 valence electrons. The number of nitro groups is 1. The van der Waals surface area contributed by atoms with Crippen molar-refractivity contribution in [3.8, 4) is 5.75 Å². The Labute approximate surface area is 179 Å². The van der Waals surface area contributed by atoms with Gasteiger partial charge in [0.2, 0.25) is 5.75 Å². The maximum absolute atomic E-state index is 13.4. The van der Waals surface area contributed by atoms with Crippen LogP contribution in [-0.2, 0) is 6.61 Å². The third-order valence-corrected chi connectivity index (χ3v) is 4.59. The average molecular weight is 434 g/mol. The van der Waals surface area contributed by atoms with E-state index < -0.39 is 22.0 Å². The van der Waals surface area contributed by atoms with Gasteiger partial charge in [0, 0.05) is 11.6 Å². The molecule has 1 aromatic heterocycles. The lowest BCUT2D eigenvalue weighted by Crippen LogP contribution is -2.32. The molecule has 0 fully saturated rings. The van der Waals surface area contributed by atoms with Gasteiger partial charge in [-0.2, -0.15) is 5.10 Å². The molecule has 0 saturated heterocycles. The molecule has 9 nitrogen and oxygen atoms in total. The summed E-state index contributed by atoms with van der Waals surface area (Å²) in [7, 11) is 0. The molecule has 1 N–H and O–H groups in total. The van der Waals surface area contributed by atoms with Crippen molar-refractivity contribution >= 4 is 22.8 Å². The molecule has 0 aliphatic carbocycles. The second-order valence-electron chi connectivity index (χ2n) is 6.71. The third kappa shape index (κ3) is 4.15. The summed E-state index contributed by atoms with van der Waals surface area (Å²) in [5.74, 6) is -0.596. The molecular weight excluding hydrogens is 419 g/mol. The molecule has 0 bridgehead atoms. The molecule has 3 aromatic carbocycles. The van der Waals surface area contributed by atoms with Crippen LogP contribution in [0.4, 0.5) is 10.1 Å². The van der Waals surface area contributed by atoms with Gasteiger partial charge in [0.05, 0.1) is 22.0 Å². The van der Waals surface area contributed by atoms with E-state index >= 15 is 0 Å². The normalized spacial score (nSPS) is 11.2. The summed E-state index contributed by atoms with van der Waals surface area (Å²) in [5.41, 5.74) is -0.761. The third-order valence-electron chi connectivity index (χ3n) is 4.59. The number of halogens is 1. The number of fused-ring (bicyclic) bond motifs is 1. The highest BCUT2D eigenvalue weighted by Crippen LogP contribution is 2.30. The smallest absolute Gasteiger partial charge is 0.349 e. The van der Waals surface area contributed by atoms with Crippen LogP contribution < -0.4 is 16.0 Å². The van der Waals surface area contributed by atoms with E-state index in [1.807, 2.05) is 0 Å². The highest BCUT2D eigenvalue weighted by atomic mass is 19.1. The molecule has 4 rings (SSSR count). The van der Waals surface area contributed by atoms with Crippen LogP contribution in [0.1, 0.15) is 11.1 Å². The van der Waals surface area contributed by atoms with Crippen molar-refractivity contribution in [2.45, 2.75) is 6.61 Å². The lowest BCUT2D eigenvalue weighted by molar-refractivity contribution is -0.385. The number of para-hydroxylation sites is 2. The Bertz CT molecular complexity index is 1480. The van der Waals surface area contributed by atoms with E-state index in [0.29, 0.717) is 15.8 Å². The number of rotatable bonds is 6. The Hall–Kier alpha value is -4.60. The number of aromatic nitrogens is 2. The highest BCUT2D eigenvalue weighted by Gasteiger charge is 2.19. The Morgan fingerprint density at radius 2 is 1.88 bits per heavy atom. The van der Waals surface area contributed by atoms with Crippen molar-refractivity contribution in [3.63, 3.8) is 0 Å². The van der Waals surface area contributed by atoms with Gasteiger partial charge in [-0.1, -0.05) is 30.3 Å². The molecular formula is C22H15FN4O5. The van der Waals surface area contributed by atoms with Crippen molar-refractivity contribution in [3.05, 3.63) is 115 Å². The number of aromatic amines is 1. The van der Waals surface area contributed by atoms with Crippen LogP contribution in [0.5, 0.6) is 5.75 Å². The van der Waals surface area contributed by atoms with E-state index in [2.05, 4.69) is 10.1 Å². The fraction of sp³-hybridized carbons (Fsp3) is 0.0455. The monoisotopic (exact) mass is 434 g/mol. The van der Waals surface area contributed by atoms with E-state index in [4.69, 9.17) is 4.74 Å². The van der Waals surface area contributed by atoms with Crippen LogP contribution in [0.2, 0.25) is 0 Å². The molecule has 32 heavy (non-hydrogen) atoms. The van der Waals surface area contributed by atoms with Gasteiger partial charge < -0.3 is 9.72 Å². The van der Waals surface area contributed by atoms with E-state index in [9.17, 15) is 24.1 Å². The van der Waals surface area contributed by atoms with Crippen molar-refractivity contribution in [1.82, 2.24) is 9.66 Å². The van der Waals surface area contributed by atoms with E-state index in [1.165, 1.54) is 36.4 Å². The summed E-state index contributed by atoms with van der Waals surface area (Å²) in [6.07, 6.45) is 1.12. The van der Waals surface area contributed by atoms with Crippen molar-refractivity contribution in [1.29, 1.82) is 0 Å². The van der Waals surface area contributed by atoms with Crippen LogP contribution in [0, 0.1) is 15.9 Å². The van der Waals surface area contributed by atoms with E-state index in [1.54, 1.807) is 30.3 Å². The average Bonchev–Trinajstić information content (AvgIpc) is 2.77. The van der Waals surface area contributed by atoms with Gasteiger partial charge in [0.15, 0.2) is 0 Å². The minimum absolute atomic E-state index is 0.129. The standard InChI is InChI=1S/C22H15FN4O5/c23-16-7-3-5-14(11-16)13-32-20-15(6-4-10-19(20)27(30)31)12-24-26-21(28)17-8-1-2-9-18(17)25-22(26)29/h1-12H,13H2,(H,25,29). The minimum Gasteiger partial charge on any atom is -0.481 e. The first-order chi connectivity index (χ1) is 15.4. The van der Waals surface area contributed by atoms with Crippen molar-refractivity contribution < 1.29 is 14.1 Å². The zero-order chi connectivity index (χ0) is 22.7. The second-order valence-corrected chi connectivity index (χ2v) is 6.71. The SMILES string of the molecule is O=c1[nH]c2ccccc2c(=O)n1N=Cc1cccc([N+](=O)[O-])c1OCc1cccc(F)c1. The Morgan fingerprint density at radius 3 is 2.66 bits per heavy atom. The lowest BCUT2D eigenvalue weighted by atomic mass is 10.2. The Kier molecular flexibility index (Phi) is 5.58. The largest absolute Gasteiger partial charge is 0.481 e. The molecule has 4 aromatic rings. The van der Waals surface area contributed by atoms with Gasteiger partial charge in [0.25, 0.3) is 5.56 Å². The fourth-order valence-electron chi connectivity index (χ4n) is 3.11. The number of nitrogens with zero attached hydrogens (tertiary/aromatic N) is 3. The second kappa shape index (κ2) is 8.64. The molecule has 0 unspecified atom stereocenters. The highest BCUT2D eigenvalue weighted by molar-refractivity contribution is 5.86. The number of ether oxygens (including phenoxy) is 1. The molecule has 1 heterocycles. The van der Waals surface area contributed by atoms with E-state index in [0.717, 1.165) is 6.21 Å². The molecule has 10 heteroatoms. The summed E-state index contributed by atoms with van der Waals surface area (Å²) in [5, 5.41) is 15.7. The quantitative estimate of drug-likeness (QED) is 0.284. The van der Waals surface area contributed by atoms with Gasteiger partial charge in [-0.15, -0.1) is 4.68 Å². The predicted molar refractivity (Wildman–Crippen MR) is 116 cm³/mol. The van der Waals surface area contributed by atoms with Gasteiger partial charge >= 0.3 is 11.4 Å². The molecule has 0 aliphatic heterocycles. The number of hydrogen-bond donors (Lipinski definition) is 1. The van der Waals surface area contributed by atoms with Crippen molar-refractivity contribution in [2.24, 2.45) is 5.10 Å². The first-order valence-corrected chi connectivity index (χ1v) is 9.37. The first-order valence-electron chi connectivity index (χ1n) is 9.37. The summed E-state index contributed by atoms with van der Waals surface area (Å²) in [6.45, 7) is -0.139. The number of benzene rings is 3. The Morgan fingerprint density at radius 1 is 1.09 bits per heavy atom. The summed E-state index contributed by atoms with van der Waals surface area (Å²) in [6, 6.07) is 16.2. The molecule has 0 radical (unpaired) electrons. The van der Waals surface area contributed by atoms with Crippen LogP contribution in [0.3, 0.4) is 0 Å². The molecule has 0 saturated carbocycles. The number of H-pyrrole nitrogens is 1. The lowest BCUT2D eigenvalue weighted by Gasteiger charge is -2.10. The fourth-order valence-corrected chi connectivity index (χ4v) is 3.11. The minimum atomic E-state index is -0.766. The van der Waals surface area contributed by atoms with Crippen LogP contribution in [0.25, 0.3) is 10.9 Å². The predicted octanol–water partition coefficient (Wildman–Crippen LogP) is 3.20. The van der Waals surface area contributed by atoms with Crippen LogP contribution >= 0.6 is 0 Å². The zero-order valence-electron chi connectivity index (χ0n) is 16.4. The van der Waals surface area contributed by atoms with Gasteiger partial charge in [0.1, 0.15) is 12.4 Å². The topological polar surface area (TPSA) is 120 Å². The van der Waals surface area contributed by atoms with Gasteiger partial charge in [-0.25, -0.2) is 9.18 Å². The van der Waals surface area contributed by atoms with Crippen LogP contribution in [-0.4, -0.2) is 20.8 Å². The number of hydrogen-bond acceptors (Lipinski definition) is 6. The maximum Gasteiger partial charge on any atom is 0.349 e. The maximum atomic E-state index is 13.4. The van der Waals surface area contributed by atoms with E-state index in [-0.39, 0.29) is 29.0 Å². The molecule has 0 spiro atoms.